The molecule has 25 heavy (non-hydrogen) atoms. The fraction of sp³-hybridized carbons (Fsp3) is 0.235. The number of halogens is 1. The third kappa shape index (κ3) is 3.58. The molecule has 1 N–H and O–H groups in total. The molecule has 0 aliphatic heterocycles. The lowest BCUT2D eigenvalue weighted by Gasteiger charge is -2.09. The zero-order chi connectivity index (χ0) is 18.2. The highest BCUT2D eigenvalue weighted by Gasteiger charge is 2.17. The molecule has 0 atom stereocenters. The van der Waals surface area contributed by atoms with Crippen LogP contribution >= 0.6 is 22.9 Å². The minimum absolute atomic E-state index is 0.0790. The number of nitrogens with zero attached hydrogens (tertiary/aromatic N) is 1. The Hall–Kier alpha value is -1.83. The van der Waals surface area contributed by atoms with Crippen molar-refractivity contribution in [3.63, 3.8) is 0 Å². The van der Waals surface area contributed by atoms with E-state index in [-0.39, 0.29) is 9.77 Å². The van der Waals surface area contributed by atoms with Crippen molar-refractivity contribution in [3.05, 3.63) is 56.7 Å². The molecule has 0 fully saturated rings. The Balaban J connectivity index is 1.99. The van der Waals surface area contributed by atoms with Gasteiger partial charge in [0, 0.05) is 11.6 Å². The quantitative estimate of drug-likeness (QED) is 0.701. The van der Waals surface area contributed by atoms with E-state index in [4.69, 9.17) is 11.6 Å². The van der Waals surface area contributed by atoms with Crippen molar-refractivity contribution >= 4 is 48.9 Å². The first kappa shape index (κ1) is 18.0. The number of anilines is 1. The average molecular weight is 397 g/mol. The third-order valence-corrected chi connectivity index (χ3v) is 6.55. The normalized spacial score (nSPS) is 11.8. The van der Waals surface area contributed by atoms with Gasteiger partial charge in [0.2, 0.25) is 0 Å². The zero-order valence-corrected chi connectivity index (χ0v) is 16.1. The van der Waals surface area contributed by atoms with Crippen LogP contribution < -0.4 is 9.60 Å². The topological polar surface area (TPSA) is 68.2 Å². The SMILES string of the molecule is CCCn1c(=O)sc2cc(S(=O)(=O)Nc3ccc(C)c(Cl)c3)ccc21. The maximum atomic E-state index is 12.6. The van der Waals surface area contributed by atoms with Gasteiger partial charge >= 0.3 is 4.87 Å². The molecule has 0 amide bonds. The summed E-state index contributed by atoms with van der Waals surface area (Å²) >= 11 is 7.10. The minimum atomic E-state index is -3.76. The number of hydrogen-bond donors (Lipinski definition) is 1. The molecule has 0 saturated carbocycles. The van der Waals surface area contributed by atoms with Crippen LogP contribution in [-0.2, 0) is 16.6 Å². The Labute approximate surface area is 154 Å². The predicted octanol–water partition coefficient (Wildman–Crippen LogP) is 4.24. The fourth-order valence-corrected chi connectivity index (χ4v) is 4.81. The van der Waals surface area contributed by atoms with Crippen molar-refractivity contribution in [2.75, 3.05) is 4.72 Å². The molecule has 0 aliphatic rings. The van der Waals surface area contributed by atoms with E-state index in [2.05, 4.69) is 4.72 Å². The van der Waals surface area contributed by atoms with Crippen molar-refractivity contribution in [1.82, 2.24) is 4.57 Å². The van der Waals surface area contributed by atoms with Gasteiger partial charge < -0.3 is 0 Å². The van der Waals surface area contributed by atoms with Crippen molar-refractivity contribution < 1.29 is 8.42 Å². The maximum absolute atomic E-state index is 12.6. The van der Waals surface area contributed by atoms with E-state index in [9.17, 15) is 13.2 Å². The van der Waals surface area contributed by atoms with Gasteiger partial charge in [-0.05, 0) is 49.2 Å². The van der Waals surface area contributed by atoms with Crippen molar-refractivity contribution in [1.29, 1.82) is 0 Å². The Kier molecular flexibility index (Phi) is 4.90. The highest BCUT2D eigenvalue weighted by molar-refractivity contribution is 7.92. The van der Waals surface area contributed by atoms with Crippen LogP contribution in [0.5, 0.6) is 0 Å². The first-order valence-electron chi connectivity index (χ1n) is 7.74. The van der Waals surface area contributed by atoms with Gasteiger partial charge in [0.05, 0.1) is 20.8 Å². The van der Waals surface area contributed by atoms with Crippen LogP contribution in [0.4, 0.5) is 5.69 Å². The number of rotatable bonds is 5. The first-order chi connectivity index (χ1) is 11.8. The Morgan fingerprint density at radius 3 is 2.64 bits per heavy atom. The molecule has 0 bridgehead atoms. The molecular weight excluding hydrogens is 380 g/mol. The lowest BCUT2D eigenvalue weighted by Crippen LogP contribution is -2.13. The van der Waals surface area contributed by atoms with Crippen LogP contribution in [0.3, 0.4) is 0 Å². The van der Waals surface area contributed by atoms with Gasteiger partial charge in [0.15, 0.2) is 0 Å². The largest absolute Gasteiger partial charge is 0.308 e. The summed E-state index contributed by atoms with van der Waals surface area (Å²) in [4.78, 5) is 12.1. The third-order valence-electron chi connectivity index (χ3n) is 3.82. The summed E-state index contributed by atoms with van der Waals surface area (Å²) in [6.45, 7) is 4.45. The number of aryl methyl sites for hydroxylation is 2. The fourth-order valence-electron chi connectivity index (χ4n) is 2.52. The summed E-state index contributed by atoms with van der Waals surface area (Å²) in [6.07, 6.45) is 0.835. The molecule has 5 nitrogen and oxygen atoms in total. The van der Waals surface area contributed by atoms with Gasteiger partial charge in [-0.3, -0.25) is 14.1 Å². The van der Waals surface area contributed by atoms with Crippen LogP contribution in [0.2, 0.25) is 5.02 Å². The van der Waals surface area contributed by atoms with Crippen LogP contribution in [0.15, 0.2) is 46.1 Å². The molecule has 132 valence electrons. The van der Waals surface area contributed by atoms with Crippen molar-refractivity contribution in [2.24, 2.45) is 0 Å². The van der Waals surface area contributed by atoms with E-state index >= 15 is 0 Å². The smallest absolute Gasteiger partial charge is 0.299 e. The summed E-state index contributed by atoms with van der Waals surface area (Å²) in [5.74, 6) is 0. The lowest BCUT2D eigenvalue weighted by molar-refractivity contribution is 0.601. The number of sulfonamides is 1. The van der Waals surface area contributed by atoms with Crippen LogP contribution in [0.1, 0.15) is 18.9 Å². The van der Waals surface area contributed by atoms with E-state index in [1.54, 1.807) is 28.8 Å². The molecule has 0 radical (unpaired) electrons. The van der Waals surface area contributed by atoms with E-state index < -0.39 is 10.0 Å². The molecule has 1 aromatic heterocycles. The lowest BCUT2D eigenvalue weighted by atomic mass is 10.2. The number of fused-ring (bicyclic) bond motifs is 1. The molecule has 3 aromatic rings. The molecule has 1 heterocycles. The van der Waals surface area contributed by atoms with Gasteiger partial charge in [0.1, 0.15) is 0 Å². The molecule has 0 saturated heterocycles. The predicted molar refractivity (Wildman–Crippen MR) is 103 cm³/mol. The second-order valence-electron chi connectivity index (χ2n) is 5.72. The van der Waals surface area contributed by atoms with E-state index in [1.807, 2.05) is 13.8 Å². The molecule has 3 rings (SSSR count). The van der Waals surface area contributed by atoms with Gasteiger partial charge in [-0.2, -0.15) is 0 Å². The van der Waals surface area contributed by atoms with Gasteiger partial charge in [0.25, 0.3) is 10.0 Å². The Bertz CT molecular complexity index is 1100. The highest BCUT2D eigenvalue weighted by atomic mass is 35.5. The summed E-state index contributed by atoms with van der Waals surface area (Å²) in [5.41, 5.74) is 2.02. The number of nitrogens with one attached hydrogen (secondary N) is 1. The Morgan fingerprint density at radius 1 is 1.20 bits per heavy atom. The van der Waals surface area contributed by atoms with Gasteiger partial charge in [-0.15, -0.1) is 0 Å². The van der Waals surface area contributed by atoms with E-state index in [0.717, 1.165) is 28.8 Å². The van der Waals surface area contributed by atoms with Gasteiger partial charge in [-0.25, -0.2) is 8.42 Å². The van der Waals surface area contributed by atoms with E-state index in [1.165, 1.54) is 12.1 Å². The molecule has 0 spiro atoms. The standard InChI is InChI=1S/C17H17ClN2O3S2/c1-3-8-20-15-7-6-13(10-16(15)24-17(20)21)25(22,23)19-12-5-4-11(2)14(18)9-12/h4-7,9-10,19H,3,8H2,1-2H3. The summed E-state index contributed by atoms with van der Waals surface area (Å²) in [5, 5.41) is 0.491. The van der Waals surface area contributed by atoms with Crippen LogP contribution in [0.25, 0.3) is 10.2 Å². The van der Waals surface area contributed by atoms with Gasteiger partial charge in [-0.1, -0.05) is 35.9 Å². The number of benzene rings is 2. The first-order valence-corrected chi connectivity index (χ1v) is 10.4. The zero-order valence-electron chi connectivity index (χ0n) is 13.7. The summed E-state index contributed by atoms with van der Waals surface area (Å²) in [6, 6.07) is 9.71. The van der Waals surface area contributed by atoms with Crippen LogP contribution in [-0.4, -0.2) is 13.0 Å². The van der Waals surface area contributed by atoms with Crippen molar-refractivity contribution in [2.45, 2.75) is 31.7 Å². The number of hydrogen-bond acceptors (Lipinski definition) is 4. The second kappa shape index (κ2) is 6.82. The van der Waals surface area contributed by atoms with Crippen LogP contribution in [0, 0.1) is 6.92 Å². The second-order valence-corrected chi connectivity index (χ2v) is 8.80. The number of aromatic nitrogens is 1. The Morgan fingerprint density at radius 2 is 1.96 bits per heavy atom. The summed E-state index contributed by atoms with van der Waals surface area (Å²) in [7, 11) is -3.76. The number of thiazole rings is 1. The van der Waals surface area contributed by atoms with Crippen molar-refractivity contribution in [3.8, 4) is 0 Å². The maximum Gasteiger partial charge on any atom is 0.308 e. The monoisotopic (exact) mass is 396 g/mol. The summed E-state index contributed by atoms with van der Waals surface area (Å²) < 4.78 is 30.1. The molecule has 2 aromatic carbocycles. The molecule has 0 unspecified atom stereocenters. The minimum Gasteiger partial charge on any atom is -0.299 e. The highest BCUT2D eigenvalue weighted by Crippen LogP contribution is 2.25. The average Bonchev–Trinajstić information content (AvgIpc) is 2.86. The molecule has 0 aliphatic carbocycles. The molecular formula is C17H17ClN2O3S2. The van der Waals surface area contributed by atoms with E-state index in [0.29, 0.717) is 22.0 Å². The molecule has 8 heteroatoms.